The van der Waals surface area contributed by atoms with Crippen LogP contribution in [0.3, 0.4) is 0 Å². The Morgan fingerprint density at radius 2 is 2.21 bits per heavy atom. The number of benzene rings is 1. The molecular weight excluding hydrogens is 174 g/mol. The van der Waals surface area contributed by atoms with Gasteiger partial charge in [0.05, 0.1) is 0 Å². The van der Waals surface area contributed by atoms with Gasteiger partial charge in [-0.3, -0.25) is 0 Å². The quantitative estimate of drug-likeness (QED) is 0.722. The minimum absolute atomic E-state index is 0.640. The predicted molar refractivity (Wildman–Crippen MR) is 60.9 cm³/mol. The number of rotatable bonds is 5. The predicted octanol–water partition coefficient (Wildman–Crippen LogP) is 3.07. The molecule has 1 N–H and O–H groups in total. The molecule has 0 bridgehead atoms. The van der Waals surface area contributed by atoms with Gasteiger partial charge >= 0.3 is 0 Å². The lowest BCUT2D eigenvalue weighted by Gasteiger charge is -2.05. The first-order chi connectivity index (χ1) is 6.86. The Hall–Kier alpha value is -1.44. The second-order valence-electron chi connectivity index (χ2n) is 2.97. The molecule has 0 saturated carbocycles. The van der Waals surface area contributed by atoms with Crippen molar-refractivity contribution in [1.82, 2.24) is 0 Å². The summed E-state index contributed by atoms with van der Waals surface area (Å²) in [5, 5.41) is 3.07. The van der Waals surface area contributed by atoms with E-state index in [1.807, 2.05) is 37.4 Å². The summed E-state index contributed by atoms with van der Waals surface area (Å²) in [4.78, 5) is 0. The van der Waals surface area contributed by atoms with E-state index in [1.165, 1.54) is 0 Å². The van der Waals surface area contributed by atoms with Crippen LogP contribution in [0.25, 0.3) is 0 Å². The fourth-order valence-corrected chi connectivity index (χ4v) is 1.12. The molecule has 1 rings (SSSR count). The van der Waals surface area contributed by atoms with Crippen LogP contribution >= 0.6 is 0 Å². The first kappa shape index (κ1) is 10.6. The van der Waals surface area contributed by atoms with Crippen LogP contribution in [0.4, 0.5) is 5.69 Å². The Bertz CT molecular complexity index is 294. The van der Waals surface area contributed by atoms with Gasteiger partial charge in [0.25, 0.3) is 0 Å². The SMILES string of the molecule is CC/C=C/COc1cccc(NC)c1. The van der Waals surface area contributed by atoms with Gasteiger partial charge in [0.15, 0.2) is 0 Å². The summed E-state index contributed by atoms with van der Waals surface area (Å²) in [6.07, 6.45) is 5.19. The lowest BCUT2D eigenvalue weighted by atomic mass is 10.3. The van der Waals surface area contributed by atoms with Crippen LogP contribution in [0.1, 0.15) is 13.3 Å². The number of hydrogen-bond acceptors (Lipinski definition) is 2. The lowest BCUT2D eigenvalue weighted by molar-refractivity contribution is 0.363. The van der Waals surface area contributed by atoms with Crippen LogP contribution in [-0.2, 0) is 0 Å². The second kappa shape index (κ2) is 6.08. The molecule has 1 aromatic rings. The van der Waals surface area contributed by atoms with Crippen molar-refractivity contribution < 1.29 is 4.74 Å². The van der Waals surface area contributed by atoms with Gasteiger partial charge in [-0.25, -0.2) is 0 Å². The molecule has 0 heterocycles. The highest BCUT2D eigenvalue weighted by molar-refractivity contribution is 5.47. The zero-order valence-corrected chi connectivity index (χ0v) is 8.79. The van der Waals surface area contributed by atoms with Crippen molar-refractivity contribution in [3.8, 4) is 5.75 Å². The highest BCUT2D eigenvalue weighted by atomic mass is 16.5. The van der Waals surface area contributed by atoms with Crippen LogP contribution < -0.4 is 10.1 Å². The minimum atomic E-state index is 0.640. The smallest absolute Gasteiger partial charge is 0.121 e. The van der Waals surface area contributed by atoms with Gasteiger partial charge in [0.2, 0.25) is 0 Å². The summed E-state index contributed by atoms with van der Waals surface area (Å²) in [6, 6.07) is 7.93. The van der Waals surface area contributed by atoms with Crippen LogP contribution in [0.2, 0.25) is 0 Å². The third kappa shape index (κ3) is 3.52. The molecule has 0 aliphatic heterocycles. The van der Waals surface area contributed by atoms with Crippen LogP contribution in [-0.4, -0.2) is 13.7 Å². The van der Waals surface area contributed by atoms with Crippen LogP contribution in [0.15, 0.2) is 36.4 Å². The number of ether oxygens (including phenoxy) is 1. The zero-order valence-electron chi connectivity index (χ0n) is 8.79. The summed E-state index contributed by atoms with van der Waals surface area (Å²) < 4.78 is 5.52. The van der Waals surface area contributed by atoms with E-state index in [1.54, 1.807) is 0 Å². The molecule has 0 unspecified atom stereocenters. The Morgan fingerprint density at radius 3 is 2.93 bits per heavy atom. The number of anilines is 1. The van der Waals surface area contributed by atoms with Crippen LogP contribution in [0.5, 0.6) is 5.75 Å². The Balaban J connectivity index is 2.46. The average Bonchev–Trinajstić information content (AvgIpc) is 2.25. The van der Waals surface area contributed by atoms with Crippen molar-refractivity contribution in [3.05, 3.63) is 36.4 Å². The first-order valence-corrected chi connectivity index (χ1v) is 4.92. The average molecular weight is 191 g/mol. The molecule has 14 heavy (non-hydrogen) atoms. The molecule has 0 aliphatic carbocycles. The lowest BCUT2D eigenvalue weighted by Crippen LogP contribution is -1.94. The van der Waals surface area contributed by atoms with E-state index >= 15 is 0 Å². The monoisotopic (exact) mass is 191 g/mol. The molecule has 1 aromatic carbocycles. The fourth-order valence-electron chi connectivity index (χ4n) is 1.12. The van der Waals surface area contributed by atoms with E-state index in [0.29, 0.717) is 6.61 Å². The summed E-state index contributed by atoms with van der Waals surface area (Å²) in [5.74, 6) is 0.901. The Labute approximate surface area is 85.6 Å². The number of nitrogens with one attached hydrogen (secondary N) is 1. The number of hydrogen-bond donors (Lipinski definition) is 1. The van der Waals surface area contributed by atoms with Gasteiger partial charge in [0.1, 0.15) is 12.4 Å². The molecule has 0 amide bonds. The van der Waals surface area contributed by atoms with E-state index in [-0.39, 0.29) is 0 Å². The van der Waals surface area contributed by atoms with Crippen molar-refractivity contribution >= 4 is 5.69 Å². The number of allylic oxidation sites excluding steroid dienone is 1. The van der Waals surface area contributed by atoms with Crippen molar-refractivity contribution in [2.24, 2.45) is 0 Å². The maximum atomic E-state index is 5.52. The second-order valence-corrected chi connectivity index (χ2v) is 2.97. The third-order valence-corrected chi connectivity index (χ3v) is 1.87. The van der Waals surface area contributed by atoms with E-state index in [9.17, 15) is 0 Å². The summed E-state index contributed by atoms with van der Waals surface area (Å²) in [7, 11) is 1.90. The molecule has 2 nitrogen and oxygen atoms in total. The molecule has 0 aromatic heterocycles. The van der Waals surface area contributed by atoms with E-state index in [2.05, 4.69) is 18.3 Å². The van der Waals surface area contributed by atoms with Crippen molar-refractivity contribution in [2.75, 3.05) is 19.0 Å². The third-order valence-electron chi connectivity index (χ3n) is 1.87. The van der Waals surface area contributed by atoms with Gasteiger partial charge in [-0.1, -0.05) is 25.1 Å². The van der Waals surface area contributed by atoms with Crippen LogP contribution in [0, 0.1) is 0 Å². The molecule has 76 valence electrons. The molecule has 2 heteroatoms. The molecule has 0 radical (unpaired) electrons. The molecule has 0 atom stereocenters. The molecule has 0 fully saturated rings. The van der Waals surface area contributed by atoms with Crippen molar-refractivity contribution in [1.29, 1.82) is 0 Å². The Kier molecular flexibility index (Phi) is 4.62. The minimum Gasteiger partial charge on any atom is -0.489 e. The highest BCUT2D eigenvalue weighted by Gasteiger charge is 1.92. The van der Waals surface area contributed by atoms with Gasteiger partial charge in [-0.2, -0.15) is 0 Å². The van der Waals surface area contributed by atoms with Crippen molar-refractivity contribution in [3.63, 3.8) is 0 Å². The molecular formula is C12H17NO. The van der Waals surface area contributed by atoms with Gasteiger partial charge in [-0.05, 0) is 18.6 Å². The van der Waals surface area contributed by atoms with E-state index in [4.69, 9.17) is 4.74 Å². The van der Waals surface area contributed by atoms with E-state index < -0.39 is 0 Å². The van der Waals surface area contributed by atoms with Gasteiger partial charge in [0, 0.05) is 18.8 Å². The maximum absolute atomic E-state index is 5.52. The van der Waals surface area contributed by atoms with Gasteiger partial charge in [-0.15, -0.1) is 0 Å². The summed E-state index contributed by atoms with van der Waals surface area (Å²) in [5.41, 5.74) is 1.07. The standard InChI is InChI=1S/C12H17NO/c1-3-4-5-9-14-12-8-6-7-11(10-12)13-2/h4-8,10,13H,3,9H2,1-2H3/b5-4+. The largest absolute Gasteiger partial charge is 0.489 e. The first-order valence-electron chi connectivity index (χ1n) is 4.92. The normalized spacial score (nSPS) is 10.4. The van der Waals surface area contributed by atoms with E-state index in [0.717, 1.165) is 17.9 Å². The zero-order chi connectivity index (χ0) is 10.2. The van der Waals surface area contributed by atoms with Gasteiger partial charge < -0.3 is 10.1 Å². The molecule has 0 saturated heterocycles. The molecule has 0 spiro atoms. The summed E-state index contributed by atoms with van der Waals surface area (Å²) in [6.45, 7) is 2.75. The fraction of sp³-hybridized carbons (Fsp3) is 0.333. The summed E-state index contributed by atoms with van der Waals surface area (Å²) >= 11 is 0. The maximum Gasteiger partial charge on any atom is 0.121 e. The van der Waals surface area contributed by atoms with Crippen molar-refractivity contribution in [2.45, 2.75) is 13.3 Å². The molecule has 0 aliphatic rings. The topological polar surface area (TPSA) is 21.3 Å². The Morgan fingerprint density at radius 1 is 1.36 bits per heavy atom. The highest BCUT2D eigenvalue weighted by Crippen LogP contribution is 2.16.